The third kappa shape index (κ3) is 1.73. The van der Waals surface area contributed by atoms with Gasteiger partial charge in [-0.1, -0.05) is 37.6 Å². The summed E-state index contributed by atoms with van der Waals surface area (Å²) in [5.74, 6) is 1.56. The minimum absolute atomic E-state index is 0.744. The van der Waals surface area contributed by atoms with Crippen LogP contribution in [0.25, 0.3) is 0 Å². The van der Waals surface area contributed by atoms with Gasteiger partial charge in [0.05, 0.1) is 0 Å². The summed E-state index contributed by atoms with van der Waals surface area (Å²) in [5.41, 5.74) is 1.41. The lowest BCUT2D eigenvalue weighted by Gasteiger charge is -2.11. The molecule has 0 saturated carbocycles. The molecule has 0 bridgehead atoms. The molecule has 0 nitrogen and oxygen atoms in total. The zero-order chi connectivity index (χ0) is 7.56. The predicted octanol–water partition coefficient (Wildman–Crippen LogP) is 3.16. The Bertz CT molecular complexity index is 163. The van der Waals surface area contributed by atoms with Crippen LogP contribution in [0.1, 0.15) is 27.2 Å². The van der Waals surface area contributed by atoms with E-state index in [1.54, 1.807) is 0 Å². The third-order valence-corrected chi connectivity index (χ3v) is 2.37. The lowest BCUT2D eigenvalue weighted by Crippen LogP contribution is -2.01. The smallest absolute Gasteiger partial charge is 0.0230 e. The first-order chi connectivity index (χ1) is 4.70. The third-order valence-electron chi connectivity index (χ3n) is 2.37. The Balaban J connectivity index is 2.68. The molecule has 1 aliphatic rings. The number of hydrogen-bond donors (Lipinski definition) is 0. The Labute approximate surface area is 63.6 Å². The molecule has 0 heterocycles. The SMILES string of the molecule is CC1=CC[C@@H](C)[C@H](C)C=C1. The Morgan fingerprint density at radius 3 is 2.80 bits per heavy atom. The molecule has 0 aromatic heterocycles. The van der Waals surface area contributed by atoms with E-state index < -0.39 is 0 Å². The van der Waals surface area contributed by atoms with Crippen molar-refractivity contribution in [3.63, 3.8) is 0 Å². The molecule has 0 amide bonds. The largest absolute Gasteiger partial charge is 0.0813 e. The van der Waals surface area contributed by atoms with Gasteiger partial charge in [0.1, 0.15) is 0 Å². The van der Waals surface area contributed by atoms with Crippen LogP contribution in [-0.2, 0) is 0 Å². The minimum Gasteiger partial charge on any atom is -0.0813 e. The molecule has 56 valence electrons. The first-order valence-corrected chi connectivity index (χ1v) is 4.05. The van der Waals surface area contributed by atoms with Crippen molar-refractivity contribution in [2.75, 3.05) is 0 Å². The van der Waals surface area contributed by atoms with Crippen molar-refractivity contribution in [2.45, 2.75) is 27.2 Å². The van der Waals surface area contributed by atoms with Gasteiger partial charge in [-0.15, -0.1) is 0 Å². The van der Waals surface area contributed by atoms with E-state index >= 15 is 0 Å². The molecule has 0 aliphatic heterocycles. The summed E-state index contributed by atoms with van der Waals surface area (Å²) in [6.07, 6.45) is 8.10. The highest BCUT2D eigenvalue weighted by molar-refractivity contribution is 5.19. The maximum Gasteiger partial charge on any atom is -0.0230 e. The highest BCUT2D eigenvalue weighted by atomic mass is 14.1. The lowest BCUT2D eigenvalue weighted by molar-refractivity contribution is 0.468. The van der Waals surface area contributed by atoms with E-state index in [4.69, 9.17) is 0 Å². The van der Waals surface area contributed by atoms with Crippen molar-refractivity contribution < 1.29 is 0 Å². The topological polar surface area (TPSA) is 0 Å². The molecule has 2 atom stereocenters. The fourth-order valence-corrected chi connectivity index (χ4v) is 1.15. The average molecular weight is 136 g/mol. The van der Waals surface area contributed by atoms with Crippen LogP contribution in [0.4, 0.5) is 0 Å². The first-order valence-electron chi connectivity index (χ1n) is 4.05. The van der Waals surface area contributed by atoms with Crippen molar-refractivity contribution in [1.82, 2.24) is 0 Å². The van der Waals surface area contributed by atoms with Gasteiger partial charge in [0.15, 0.2) is 0 Å². The van der Waals surface area contributed by atoms with Crippen LogP contribution in [-0.4, -0.2) is 0 Å². The quantitative estimate of drug-likeness (QED) is 0.480. The monoisotopic (exact) mass is 136 g/mol. The van der Waals surface area contributed by atoms with E-state index in [0.29, 0.717) is 0 Å². The average Bonchev–Trinajstić information content (AvgIpc) is 2.04. The van der Waals surface area contributed by atoms with Crippen molar-refractivity contribution in [2.24, 2.45) is 11.8 Å². The summed E-state index contributed by atoms with van der Waals surface area (Å²) >= 11 is 0. The molecule has 0 aromatic rings. The van der Waals surface area contributed by atoms with Gasteiger partial charge in [-0.05, 0) is 25.2 Å². The van der Waals surface area contributed by atoms with Gasteiger partial charge in [-0.3, -0.25) is 0 Å². The molecule has 0 fully saturated rings. The van der Waals surface area contributed by atoms with Crippen LogP contribution < -0.4 is 0 Å². The van der Waals surface area contributed by atoms with Crippen molar-refractivity contribution in [3.05, 3.63) is 23.8 Å². The summed E-state index contributed by atoms with van der Waals surface area (Å²) in [5, 5.41) is 0. The first kappa shape index (κ1) is 7.59. The van der Waals surface area contributed by atoms with E-state index in [1.165, 1.54) is 12.0 Å². The molecule has 0 aromatic carbocycles. The molecule has 0 unspecified atom stereocenters. The molecule has 0 spiro atoms. The van der Waals surface area contributed by atoms with Crippen molar-refractivity contribution in [3.8, 4) is 0 Å². The fourth-order valence-electron chi connectivity index (χ4n) is 1.15. The van der Waals surface area contributed by atoms with Gasteiger partial charge in [0, 0.05) is 0 Å². The fraction of sp³-hybridized carbons (Fsp3) is 0.600. The van der Waals surface area contributed by atoms with E-state index in [1.807, 2.05) is 0 Å². The Kier molecular flexibility index (Phi) is 2.31. The molecular formula is C10H16. The molecular weight excluding hydrogens is 120 g/mol. The summed E-state index contributed by atoms with van der Waals surface area (Å²) in [6.45, 7) is 6.76. The lowest BCUT2D eigenvalue weighted by atomic mass is 9.94. The summed E-state index contributed by atoms with van der Waals surface area (Å²) in [6, 6.07) is 0. The molecule has 1 aliphatic carbocycles. The van der Waals surface area contributed by atoms with Crippen molar-refractivity contribution >= 4 is 0 Å². The second-order valence-electron chi connectivity index (χ2n) is 3.38. The van der Waals surface area contributed by atoms with Gasteiger partial charge >= 0.3 is 0 Å². The molecule has 0 N–H and O–H groups in total. The number of hydrogen-bond acceptors (Lipinski definition) is 0. The van der Waals surface area contributed by atoms with Gasteiger partial charge in [-0.25, -0.2) is 0 Å². The molecule has 1 rings (SSSR count). The van der Waals surface area contributed by atoms with Gasteiger partial charge in [0.25, 0.3) is 0 Å². The highest BCUT2D eigenvalue weighted by Crippen LogP contribution is 2.21. The number of allylic oxidation sites excluding steroid dienone is 4. The second kappa shape index (κ2) is 3.05. The maximum atomic E-state index is 2.32. The van der Waals surface area contributed by atoms with Crippen LogP contribution in [0.5, 0.6) is 0 Å². The summed E-state index contributed by atoms with van der Waals surface area (Å²) in [7, 11) is 0. The molecule has 10 heavy (non-hydrogen) atoms. The minimum atomic E-state index is 0.744. The van der Waals surface area contributed by atoms with Gasteiger partial charge in [0.2, 0.25) is 0 Å². The van der Waals surface area contributed by atoms with E-state index in [-0.39, 0.29) is 0 Å². The second-order valence-corrected chi connectivity index (χ2v) is 3.38. The Hall–Kier alpha value is -0.520. The normalized spacial score (nSPS) is 33.3. The van der Waals surface area contributed by atoms with E-state index in [9.17, 15) is 0 Å². The molecule has 0 heteroatoms. The van der Waals surface area contributed by atoms with Crippen LogP contribution in [0.2, 0.25) is 0 Å². The predicted molar refractivity (Wildman–Crippen MR) is 45.8 cm³/mol. The molecule has 0 radical (unpaired) electrons. The number of rotatable bonds is 0. The zero-order valence-corrected chi connectivity index (χ0v) is 7.09. The summed E-state index contributed by atoms with van der Waals surface area (Å²) < 4.78 is 0. The standard InChI is InChI=1S/C10H16/c1-8-4-6-9(2)10(3)7-5-8/h4-6,9-10H,7H2,1-3H3/t9-,10-/m1/s1. The Morgan fingerprint density at radius 2 is 2.10 bits per heavy atom. The van der Waals surface area contributed by atoms with Crippen LogP contribution in [0, 0.1) is 11.8 Å². The summed E-state index contributed by atoms with van der Waals surface area (Å²) in [4.78, 5) is 0. The van der Waals surface area contributed by atoms with Crippen molar-refractivity contribution in [1.29, 1.82) is 0 Å². The Morgan fingerprint density at radius 1 is 1.40 bits per heavy atom. The van der Waals surface area contributed by atoms with Crippen LogP contribution >= 0.6 is 0 Å². The van der Waals surface area contributed by atoms with E-state index in [0.717, 1.165) is 11.8 Å². The maximum absolute atomic E-state index is 2.32. The zero-order valence-electron chi connectivity index (χ0n) is 7.09. The highest BCUT2D eigenvalue weighted by Gasteiger charge is 2.09. The van der Waals surface area contributed by atoms with Gasteiger partial charge < -0.3 is 0 Å². The van der Waals surface area contributed by atoms with Crippen LogP contribution in [0.3, 0.4) is 0 Å². The van der Waals surface area contributed by atoms with Crippen LogP contribution in [0.15, 0.2) is 23.8 Å². The van der Waals surface area contributed by atoms with Gasteiger partial charge in [-0.2, -0.15) is 0 Å². The van der Waals surface area contributed by atoms with E-state index in [2.05, 4.69) is 39.0 Å². The molecule has 0 saturated heterocycles.